The zero-order valence-corrected chi connectivity index (χ0v) is 6.74. The van der Waals surface area contributed by atoms with Crippen LogP contribution in [0.3, 0.4) is 0 Å². The predicted octanol–water partition coefficient (Wildman–Crippen LogP) is 0.475. The third kappa shape index (κ3) is 1.43. The van der Waals surface area contributed by atoms with Crippen molar-refractivity contribution in [3.05, 3.63) is 17.7 Å². The number of nitrogens with two attached hydrogens (primary N) is 1. The van der Waals surface area contributed by atoms with Crippen LogP contribution < -0.4 is 10.5 Å². The van der Waals surface area contributed by atoms with Crippen LogP contribution in [0.1, 0.15) is 5.56 Å². The van der Waals surface area contributed by atoms with E-state index in [2.05, 4.69) is 0 Å². The molecule has 0 aliphatic carbocycles. The molecule has 1 rings (SSSR count). The first-order chi connectivity index (χ1) is 5.69. The van der Waals surface area contributed by atoms with E-state index in [9.17, 15) is 5.11 Å². The first-order valence-electron chi connectivity index (χ1n) is 3.45. The molecular formula is C8H11NO3. The van der Waals surface area contributed by atoms with Crippen molar-refractivity contribution in [1.29, 1.82) is 0 Å². The number of aromatic hydroxyl groups is 1. The molecule has 4 N–H and O–H groups in total. The lowest BCUT2D eigenvalue weighted by molar-refractivity contribution is 0.275. The lowest BCUT2D eigenvalue weighted by Crippen LogP contribution is -1.93. The van der Waals surface area contributed by atoms with Gasteiger partial charge >= 0.3 is 0 Å². The lowest BCUT2D eigenvalue weighted by Gasteiger charge is -2.07. The van der Waals surface area contributed by atoms with E-state index in [0.29, 0.717) is 11.3 Å². The Kier molecular flexibility index (Phi) is 2.40. The van der Waals surface area contributed by atoms with Crippen LogP contribution in [0.5, 0.6) is 11.5 Å². The van der Waals surface area contributed by atoms with Crippen molar-refractivity contribution in [3.8, 4) is 11.5 Å². The second kappa shape index (κ2) is 3.32. The van der Waals surface area contributed by atoms with Gasteiger partial charge in [0.2, 0.25) is 0 Å². The number of aliphatic hydroxyl groups is 1. The molecule has 0 unspecified atom stereocenters. The van der Waals surface area contributed by atoms with Crippen LogP contribution >= 0.6 is 0 Å². The topological polar surface area (TPSA) is 75.7 Å². The van der Waals surface area contributed by atoms with Gasteiger partial charge < -0.3 is 20.7 Å². The van der Waals surface area contributed by atoms with Crippen molar-refractivity contribution in [3.63, 3.8) is 0 Å². The van der Waals surface area contributed by atoms with Gasteiger partial charge in [-0.25, -0.2) is 0 Å². The van der Waals surface area contributed by atoms with E-state index in [1.807, 2.05) is 0 Å². The molecule has 0 aliphatic rings. The van der Waals surface area contributed by atoms with Crippen molar-refractivity contribution in [2.45, 2.75) is 6.61 Å². The molecule has 66 valence electrons. The van der Waals surface area contributed by atoms with Crippen LogP contribution in [0.2, 0.25) is 0 Å². The Morgan fingerprint density at radius 1 is 1.50 bits per heavy atom. The molecule has 1 aromatic rings. The van der Waals surface area contributed by atoms with Gasteiger partial charge in [0.1, 0.15) is 11.5 Å². The maximum Gasteiger partial charge on any atom is 0.144 e. The molecule has 4 heteroatoms. The summed E-state index contributed by atoms with van der Waals surface area (Å²) in [6, 6.07) is 3.03. The monoisotopic (exact) mass is 169 g/mol. The van der Waals surface area contributed by atoms with Crippen LogP contribution in [-0.2, 0) is 6.61 Å². The summed E-state index contributed by atoms with van der Waals surface area (Å²) in [5.41, 5.74) is 6.01. The average molecular weight is 169 g/mol. The number of hydrogen-bond acceptors (Lipinski definition) is 4. The van der Waals surface area contributed by atoms with Gasteiger partial charge in [0.05, 0.1) is 19.4 Å². The summed E-state index contributed by atoms with van der Waals surface area (Å²) in [5.74, 6) is 0.438. The maximum atomic E-state index is 9.28. The van der Waals surface area contributed by atoms with E-state index in [-0.39, 0.29) is 18.0 Å². The highest BCUT2D eigenvalue weighted by molar-refractivity contribution is 5.59. The second-order valence-corrected chi connectivity index (χ2v) is 2.38. The number of nitrogen functional groups attached to an aromatic ring is 1. The normalized spacial score (nSPS) is 9.83. The molecule has 0 amide bonds. The van der Waals surface area contributed by atoms with Gasteiger partial charge in [-0.1, -0.05) is 0 Å². The van der Waals surface area contributed by atoms with E-state index >= 15 is 0 Å². The Morgan fingerprint density at radius 3 is 2.67 bits per heavy atom. The predicted molar refractivity (Wildman–Crippen MR) is 45.0 cm³/mol. The standard InChI is InChI=1S/C8H11NO3/c1-12-6-2-5(4-10)8(11)7(9)3-6/h2-3,10-11H,4,9H2,1H3. The Balaban J connectivity index is 3.19. The Morgan fingerprint density at radius 2 is 2.17 bits per heavy atom. The Bertz CT molecular complexity index is 286. The van der Waals surface area contributed by atoms with Crippen LogP contribution in [0.25, 0.3) is 0 Å². The molecule has 0 heterocycles. The third-order valence-corrected chi connectivity index (χ3v) is 1.60. The number of benzene rings is 1. The molecule has 0 saturated carbocycles. The van der Waals surface area contributed by atoms with E-state index < -0.39 is 0 Å². The largest absolute Gasteiger partial charge is 0.505 e. The first kappa shape index (κ1) is 8.67. The highest BCUT2D eigenvalue weighted by atomic mass is 16.5. The third-order valence-electron chi connectivity index (χ3n) is 1.60. The van der Waals surface area contributed by atoms with Crippen LogP contribution in [0.4, 0.5) is 5.69 Å². The molecule has 0 radical (unpaired) electrons. The van der Waals surface area contributed by atoms with Crippen molar-refractivity contribution < 1.29 is 14.9 Å². The fourth-order valence-electron chi connectivity index (χ4n) is 0.927. The summed E-state index contributed by atoms with van der Waals surface area (Å²) in [4.78, 5) is 0. The van der Waals surface area contributed by atoms with Gasteiger partial charge in [0, 0.05) is 11.6 Å². The number of methoxy groups -OCH3 is 1. The molecule has 12 heavy (non-hydrogen) atoms. The molecule has 0 bridgehead atoms. The quantitative estimate of drug-likeness (QED) is 0.444. The summed E-state index contributed by atoms with van der Waals surface area (Å²) >= 11 is 0. The van der Waals surface area contributed by atoms with Crippen molar-refractivity contribution >= 4 is 5.69 Å². The molecule has 0 saturated heterocycles. The number of rotatable bonds is 2. The molecule has 0 aliphatic heterocycles. The van der Waals surface area contributed by atoms with Gasteiger partial charge in [-0.05, 0) is 6.07 Å². The average Bonchev–Trinajstić information content (AvgIpc) is 2.09. The first-order valence-corrected chi connectivity index (χ1v) is 3.45. The Hall–Kier alpha value is -1.42. The summed E-state index contributed by atoms with van der Waals surface area (Å²) in [7, 11) is 1.49. The molecule has 1 aromatic carbocycles. The lowest BCUT2D eigenvalue weighted by atomic mass is 10.1. The number of anilines is 1. The number of aliphatic hydroxyl groups excluding tert-OH is 1. The summed E-state index contributed by atoms with van der Waals surface area (Å²) < 4.78 is 4.89. The van der Waals surface area contributed by atoms with Crippen LogP contribution in [0.15, 0.2) is 12.1 Å². The molecular weight excluding hydrogens is 158 g/mol. The molecule has 0 fully saturated rings. The van der Waals surface area contributed by atoms with Gasteiger partial charge in [-0.3, -0.25) is 0 Å². The fraction of sp³-hybridized carbons (Fsp3) is 0.250. The van der Waals surface area contributed by atoms with E-state index in [1.165, 1.54) is 19.2 Å². The van der Waals surface area contributed by atoms with Crippen molar-refractivity contribution in [2.75, 3.05) is 12.8 Å². The molecule has 0 spiro atoms. The minimum Gasteiger partial charge on any atom is -0.505 e. The van der Waals surface area contributed by atoms with Crippen molar-refractivity contribution in [2.24, 2.45) is 0 Å². The van der Waals surface area contributed by atoms with Gasteiger partial charge in [-0.15, -0.1) is 0 Å². The summed E-state index contributed by atoms with van der Waals surface area (Å²) in [6.45, 7) is -0.257. The number of hydrogen-bond donors (Lipinski definition) is 3. The van der Waals surface area contributed by atoms with Crippen LogP contribution in [-0.4, -0.2) is 17.3 Å². The number of phenols is 1. The van der Waals surface area contributed by atoms with Crippen molar-refractivity contribution in [1.82, 2.24) is 0 Å². The molecule has 0 atom stereocenters. The zero-order valence-electron chi connectivity index (χ0n) is 6.74. The second-order valence-electron chi connectivity index (χ2n) is 2.38. The molecule has 4 nitrogen and oxygen atoms in total. The minimum atomic E-state index is -0.257. The maximum absolute atomic E-state index is 9.28. The summed E-state index contributed by atoms with van der Waals surface area (Å²) in [5, 5.41) is 18.1. The zero-order chi connectivity index (χ0) is 9.14. The van der Waals surface area contributed by atoms with E-state index in [1.54, 1.807) is 0 Å². The Labute approximate surface area is 70.2 Å². The van der Waals surface area contributed by atoms with Gasteiger partial charge in [-0.2, -0.15) is 0 Å². The fourth-order valence-corrected chi connectivity index (χ4v) is 0.927. The molecule has 0 aromatic heterocycles. The summed E-state index contributed by atoms with van der Waals surface area (Å²) in [6.07, 6.45) is 0. The SMILES string of the molecule is COc1cc(N)c(O)c(CO)c1. The van der Waals surface area contributed by atoms with E-state index in [0.717, 1.165) is 0 Å². The minimum absolute atomic E-state index is 0.0849. The smallest absolute Gasteiger partial charge is 0.144 e. The van der Waals surface area contributed by atoms with Crippen LogP contribution in [0, 0.1) is 0 Å². The highest BCUT2D eigenvalue weighted by Gasteiger charge is 2.06. The van der Waals surface area contributed by atoms with Gasteiger partial charge in [0.15, 0.2) is 0 Å². The number of ether oxygens (including phenoxy) is 1. The highest BCUT2D eigenvalue weighted by Crippen LogP contribution is 2.30. The van der Waals surface area contributed by atoms with Gasteiger partial charge in [0.25, 0.3) is 0 Å². The van der Waals surface area contributed by atoms with E-state index in [4.69, 9.17) is 15.6 Å².